The Balaban J connectivity index is 2.16. The summed E-state index contributed by atoms with van der Waals surface area (Å²) in [5.74, 6) is -3.25. The van der Waals surface area contributed by atoms with E-state index in [9.17, 15) is 28.2 Å². The summed E-state index contributed by atoms with van der Waals surface area (Å²) in [6, 6.07) is -0.503. The fourth-order valence-electron chi connectivity index (χ4n) is 3.23. The van der Waals surface area contributed by atoms with Gasteiger partial charge in [-0.25, -0.2) is 13.2 Å². The molecule has 0 saturated carbocycles. The first-order valence-electron chi connectivity index (χ1n) is 7.37. The van der Waals surface area contributed by atoms with Crippen LogP contribution in [0.3, 0.4) is 0 Å². The Morgan fingerprint density at radius 3 is 2.75 bits per heavy atom. The number of aliphatic hydroxyl groups excluding tert-OH is 1. The van der Waals surface area contributed by atoms with Crippen molar-refractivity contribution in [1.29, 1.82) is 0 Å². The van der Waals surface area contributed by atoms with E-state index < -0.39 is 45.5 Å². The van der Waals surface area contributed by atoms with Crippen molar-refractivity contribution in [3.63, 3.8) is 0 Å². The maximum Gasteiger partial charge on any atom is 0.352 e. The van der Waals surface area contributed by atoms with Gasteiger partial charge < -0.3 is 15.1 Å². The largest absolute Gasteiger partial charge is 0.477 e. The maximum atomic E-state index is 12.1. The Bertz CT molecular complexity index is 738. The molecule has 0 aromatic carbocycles. The summed E-state index contributed by atoms with van der Waals surface area (Å²) in [4.78, 5) is 27.1. The molecule has 1 saturated heterocycles. The number of carbonyl (C=O) groups excluding carboxylic acids is 1. The van der Waals surface area contributed by atoms with Crippen molar-refractivity contribution in [1.82, 2.24) is 4.90 Å². The van der Waals surface area contributed by atoms with E-state index in [2.05, 4.69) is 10.0 Å². The Morgan fingerprint density at radius 2 is 2.21 bits per heavy atom. The Labute approximate surface area is 138 Å². The molecule has 3 unspecified atom stereocenters. The second kappa shape index (κ2) is 6.80. The Kier molecular flexibility index (Phi) is 5.16. The number of rotatable bonds is 8. The molecule has 1 fully saturated rings. The molecular weight excluding hydrogens is 340 g/mol. The van der Waals surface area contributed by atoms with E-state index in [1.807, 2.05) is 0 Å². The molecule has 2 N–H and O–H groups in total. The number of fused-ring (bicyclic) bond motifs is 1. The highest BCUT2D eigenvalue weighted by atomic mass is 32.2. The van der Waals surface area contributed by atoms with E-state index >= 15 is 0 Å². The molecule has 0 aromatic rings. The summed E-state index contributed by atoms with van der Waals surface area (Å²) in [6.07, 6.45) is -0.656. The lowest BCUT2D eigenvalue weighted by atomic mass is 9.83. The molecule has 0 aromatic heterocycles. The van der Waals surface area contributed by atoms with Gasteiger partial charge in [0.05, 0.1) is 29.6 Å². The first-order valence-corrected chi connectivity index (χ1v) is 9.19. The number of hydrogen-bond donors (Lipinski definition) is 2. The highest BCUT2D eigenvalue weighted by Gasteiger charge is 2.56. The highest BCUT2D eigenvalue weighted by molar-refractivity contribution is 7.91. The lowest BCUT2D eigenvalue weighted by molar-refractivity contribution is -0.161. The predicted octanol–water partition coefficient (Wildman–Crippen LogP) is 0.0518. The smallest absolute Gasteiger partial charge is 0.352 e. The van der Waals surface area contributed by atoms with Crippen LogP contribution < -0.4 is 0 Å². The number of hydrogen-bond acceptors (Lipinski definition) is 6. The zero-order chi connectivity index (χ0) is 18.1. The quantitative estimate of drug-likeness (QED) is 0.205. The molecule has 2 heterocycles. The zero-order valence-corrected chi connectivity index (χ0v) is 13.8. The molecule has 0 radical (unpaired) electrons. The summed E-state index contributed by atoms with van der Waals surface area (Å²) in [5, 5.41) is 22.2. The van der Waals surface area contributed by atoms with Gasteiger partial charge in [-0.2, -0.15) is 0 Å². The average molecular weight is 358 g/mol. The third kappa shape index (κ3) is 3.37. The number of aliphatic hydroxyl groups is 1. The fourth-order valence-corrected chi connectivity index (χ4v) is 4.73. The summed E-state index contributed by atoms with van der Waals surface area (Å²) >= 11 is 0. The van der Waals surface area contributed by atoms with Crippen LogP contribution in [0.15, 0.2) is 16.4 Å². The van der Waals surface area contributed by atoms with Crippen molar-refractivity contribution in [2.45, 2.75) is 31.9 Å². The fraction of sp³-hybridized carbons (Fsp3) is 0.692. The van der Waals surface area contributed by atoms with Gasteiger partial charge in [0, 0.05) is 11.5 Å². The van der Waals surface area contributed by atoms with Crippen LogP contribution in [-0.4, -0.2) is 65.6 Å². The van der Waals surface area contributed by atoms with Crippen LogP contribution in [0.25, 0.3) is 10.4 Å². The molecule has 132 valence electrons. The van der Waals surface area contributed by atoms with Crippen LogP contribution in [-0.2, 0) is 19.4 Å². The molecule has 0 spiro atoms. The monoisotopic (exact) mass is 358 g/mol. The van der Waals surface area contributed by atoms with E-state index in [1.54, 1.807) is 0 Å². The number of aliphatic carboxylic acids is 1. The van der Waals surface area contributed by atoms with Crippen molar-refractivity contribution in [2.75, 3.05) is 18.1 Å². The topological polar surface area (TPSA) is 161 Å². The van der Waals surface area contributed by atoms with Crippen LogP contribution in [0, 0.1) is 5.92 Å². The van der Waals surface area contributed by atoms with Crippen LogP contribution in [0.4, 0.5) is 0 Å². The standard InChI is InChI=1S/C13H18N4O6S/c1-7(18)10-9-5-8(11(13(20)21)17(9)12(10)19)6-24(22,23)4-2-3-15-16-14/h7,9-10,18H,2-6H2,1H3,(H,20,21). The van der Waals surface area contributed by atoms with Crippen LogP contribution in [0.5, 0.6) is 0 Å². The summed E-state index contributed by atoms with van der Waals surface area (Å²) < 4.78 is 24.3. The molecule has 0 bridgehead atoms. The van der Waals surface area contributed by atoms with Crippen LogP contribution >= 0.6 is 0 Å². The molecule has 24 heavy (non-hydrogen) atoms. The number of β-lactam (4-membered cyclic amide) rings is 1. The molecule has 11 heteroatoms. The van der Waals surface area contributed by atoms with E-state index in [0.29, 0.717) is 0 Å². The second-order valence-electron chi connectivity index (χ2n) is 5.90. The van der Waals surface area contributed by atoms with Crippen LogP contribution in [0.1, 0.15) is 19.8 Å². The van der Waals surface area contributed by atoms with Gasteiger partial charge >= 0.3 is 5.97 Å². The lowest BCUT2D eigenvalue weighted by Gasteiger charge is -2.44. The molecule has 3 atom stereocenters. The molecule has 1 amide bonds. The minimum atomic E-state index is -3.59. The molecule has 10 nitrogen and oxygen atoms in total. The van der Waals surface area contributed by atoms with E-state index in [4.69, 9.17) is 5.53 Å². The average Bonchev–Trinajstić information content (AvgIpc) is 2.77. The van der Waals surface area contributed by atoms with Crippen molar-refractivity contribution in [3.05, 3.63) is 21.7 Å². The molecule has 2 rings (SSSR count). The maximum absolute atomic E-state index is 12.1. The third-order valence-electron chi connectivity index (χ3n) is 4.19. The molecular formula is C13H18N4O6S. The van der Waals surface area contributed by atoms with E-state index in [0.717, 1.165) is 4.90 Å². The SMILES string of the molecule is CC(O)C1C(=O)N2C(C(=O)O)=C(CS(=O)(=O)CCCN=[N+]=[N-])CC12. The minimum absolute atomic E-state index is 0.0396. The molecule has 2 aliphatic rings. The number of azide groups is 1. The Morgan fingerprint density at radius 1 is 1.54 bits per heavy atom. The highest BCUT2D eigenvalue weighted by Crippen LogP contribution is 2.43. The van der Waals surface area contributed by atoms with Crippen LogP contribution in [0.2, 0.25) is 0 Å². The number of amides is 1. The predicted molar refractivity (Wildman–Crippen MR) is 82.4 cm³/mol. The van der Waals surface area contributed by atoms with Gasteiger partial charge in [0.25, 0.3) is 0 Å². The first kappa shape index (κ1) is 18.2. The second-order valence-corrected chi connectivity index (χ2v) is 8.09. The van der Waals surface area contributed by atoms with Crippen molar-refractivity contribution < 1.29 is 28.2 Å². The normalized spacial score (nSPS) is 24.2. The lowest BCUT2D eigenvalue weighted by Crippen LogP contribution is -2.61. The number of carbonyl (C=O) groups is 2. The van der Waals surface area contributed by atoms with Gasteiger partial charge in [0.1, 0.15) is 5.70 Å². The van der Waals surface area contributed by atoms with E-state index in [-0.39, 0.29) is 36.4 Å². The van der Waals surface area contributed by atoms with Crippen molar-refractivity contribution >= 4 is 21.7 Å². The number of carboxylic acid groups (broad SMARTS) is 1. The van der Waals surface area contributed by atoms with Gasteiger partial charge in [0.15, 0.2) is 9.84 Å². The number of nitrogens with zero attached hydrogens (tertiary/aromatic N) is 4. The van der Waals surface area contributed by atoms with Gasteiger partial charge in [-0.15, -0.1) is 0 Å². The van der Waals surface area contributed by atoms with Gasteiger partial charge in [0.2, 0.25) is 5.91 Å². The molecule has 2 aliphatic heterocycles. The number of carboxylic acids is 1. The van der Waals surface area contributed by atoms with E-state index in [1.165, 1.54) is 6.92 Å². The van der Waals surface area contributed by atoms with Gasteiger partial charge in [-0.3, -0.25) is 4.79 Å². The third-order valence-corrected chi connectivity index (χ3v) is 5.89. The van der Waals surface area contributed by atoms with Crippen molar-refractivity contribution in [3.8, 4) is 0 Å². The first-order chi connectivity index (χ1) is 11.2. The van der Waals surface area contributed by atoms with Crippen molar-refractivity contribution in [2.24, 2.45) is 11.0 Å². The zero-order valence-electron chi connectivity index (χ0n) is 13.0. The Hall–Kier alpha value is -2.10. The minimum Gasteiger partial charge on any atom is -0.477 e. The molecule has 0 aliphatic carbocycles. The van der Waals surface area contributed by atoms with Gasteiger partial charge in [-0.05, 0) is 30.9 Å². The summed E-state index contributed by atoms with van der Waals surface area (Å²) in [5.41, 5.74) is 8.04. The summed E-state index contributed by atoms with van der Waals surface area (Å²) in [6.45, 7) is 1.49. The van der Waals surface area contributed by atoms with Gasteiger partial charge in [-0.1, -0.05) is 5.11 Å². The number of sulfone groups is 1. The summed E-state index contributed by atoms with van der Waals surface area (Å²) in [7, 11) is -3.59.